The van der Waals surface area contributed by atoms with E-state index >= 15 is 0 Å². The van der Waals surface area contributed by atoms with Crippen molar-refractivity contribution in [2.75, 3.05) is 6.61 Å². The van der Waals surface area contributed by atoms with Crippen molar-refractivity contribution in [2.45, 2.75) is 13.8 Å². The molecule has 0 aliphatic rings. The first-order valence-electron chi connectivity index (χ1n) is 8.80. The Morgan fingerprint density at radius 2 is 1.73 bits per heavy atom. The standard InChI is InChI=1S/C23H20O3/c1-15(2)14-25-18-10-7-17(8-11-18)20-13-22(24)26-21-12-9-16-5-3-4-6-19(16)23(20)21/h3-13,15H,14H2,1-2H3. The molecule has 0 bridgehead atoms. The Morgan fingerprint density at radius 1 is 0.962 bits per heavy atom. The molecule has 0 amide bonds. The summed E-state index contributed by atoms with van der Waals surface area (Å²) in [6.07, 6.45) is 0. The quantitative estimate of drug-likeness (QED) is 0.355. The lowest BCUT2D eigenvalue weighted by atomic mass is 9.97. The lowest BCUT2D eigenvalue weighted by Gasteiger charge is -2.11. The van der Waals surface area contributed by atoms with E-state index in [9.17, 15) is 4.79 Å². The third kappa shape index (κ3) is 3.08. The van der Waals surface area contributed by atoms with Crippen molar-refractivity contribution in [2.24, 2.45) is 5.92 Å². The molecular weight excluding hydrogens is 324 g/mol. The van der Waals surface area contributed by atoms with E-state index in [0.717, 1.165) is 33.0 Å². The predicted molar refractivity (Wildman–Crippen MR) is 106 cm³/mol. The minimum atomic E-state index is -0.345. The lowest BCUT2D eigenvalue weighted by molar-refractivity contribution is 0.271. The average Bonchev–Trinajstić information content (AvgIpc) is 2.65. The molecule has 0 saturated carbocycles. The maximum absolute atomic E-state index is 12.1. The topological polar surface area (TPSA) is 39.4 Å². The van der Waals surface area contributed by atoms with Gasteiger partial charge < -0.3 is 9.15 Å². The molecule has 0 fully saturated rings. The molecule has 0 spiro atoms. The summed E-state index contributed by atoms with van der Waals surface area (Å²) in [7, 11) is 0. The van der Waals surface area contributed by atoms with Crippen molar-refractivity contribution in [3.63, 3.8) is 0 Å². The smallest absolute Gasteiger partial charge is 0.336 e. The maximum atomic E-state index is 12.1. The van der Waals surface area contributed by atoms with Gasteiger partial charge in [-0.25, -0.2) is 4.79 Å². The summed E-state index contributed by atoms with van der Waals surface area (Å²) in [5.41, 5.74) is 2.11. The van der Waals surface area contributed by atoms with Gasteiger partial charge in [0.1, 0.15) is 11.3 Å². The maximum Gasteiger partial charge on any atom is 0.336 e. The van der Waals surface area contributed by atoms with E-state index in [1.54, 1.807) is 6.07 Å². The van der Waals surface area contributed by atoms with E-state index in [0.29, 0.717) is 18.1 Å². The highest BCUT2D eigenvalue weighted by Gasteiger charge is 2.11. The van der Waals surface area contributed by atoms with Gasteiger partial charge in [0.2, 0.25) is 0 Å². The summed E-state index contributed by atoms with van der Waals surface area (Å²) in [4.78, 5) is 12.1. The van der Waals surface area contributed by atoms with E-state index in [2.05, 4.69) is 26.0 Å². The zero-order valence-corrected chi connectivity index (χ0v) is 14.9. The molecule has 1 aromatic heterocycles. The van der Waals surface area contributed by atoms with Gasteiger partial charge in [-0.1, -0.05) is 56.3 Å². The molecule has 3 aromatic carbocycles. The van der Waals surface area contributed by atoms with E-state index in [1.165, 1.54) is 0 Å². The molecule has 3 nitrogen and oxygen atoms in total. The molecule has 0 aliphatic heterocycles. The Hall–Kier alpha value is -3.07. The van der Waals surface area contributed by atoms with Crippen molar-refractivity contribution >= 4 is 21.7 Å². The van der Waals surface area contributed by atoms with Crippen molar-refractivity contribution < 1.29 is 9.15 Å². The Balaban J connectivity index is 1.88. The average molecular weight is 344 g/mol. The highest BCUT2D eigenvalue weighted by atomic mass is 16.5. The molecule has 0 atom stereocenters. The summed E-state index contributed by atoms with van der Waals surface area (Å²) < 4.78 is 11.2. The third-order valence-electron chi connectivity index (χ3n) is 4.38. The monoisotopic (exact) mass is 344 g/mol. The summed E-state index contributed by atoms with van der Waals surface area (Å²) >= 11 is 0. The summed E-state index contributed by atoms with van der Waals surface area (Å²) in [5, 5.41) is 3.15. The Kier molecular flexibility index (Phi) is 4.21. The molecule has 4 rings (SSSR count). The third-order valence-corrected chi connectivity index (χ3v) is 4.38. The highest BCUT2D eigenvalue weighted by Crippen LogP contribution is 2.33. The molecule has 1 heterocycles. The van der Waals surface area contributed by atoms with Crippen LogP contribution in [-0.4, -0.2) is 6.61 Å². The second-order valence-corrected chi connectivity index (χ2v) is 6.87. The molecule has 130 valence electrons. The largest absolute Gasteiger partial charge is 0.493 e. The van der Waals surface area contributed by atoms with Crippen LogP contribution in [0.3, 0.4) is 0 Å². The van der Waals surface area contributed by atoms with Crippen LogP contribution in [0, 0.1) is 5.92 Å². The number of ether oxygens (including phenoxy) is 1. The summed E-state index contributed by atoms with van der Waals surface area (Å²) in [6, 6.07) is 21.4. The van der Waals surface area contributed by atoms with Gasteiger partial charge in [0, 0.05) is 17.0 Å². The Morgan fingerprint density at radius 3 is 2.50 bits per heavy atom. The lowest BCUT2D eigenvalue weighted by Crippen LogP contribution is -2.04. The first-order chi connectivity index (χ1) is 12.6. The second kappa shape index (κ2) is 6.68. The number of benzene rings is 3. The SMILES string of the molecule is CC(C)COc1ccc(-c2cc(=O)oc3ccc4ccccc4c23)cc1. The van der Waals surface area contributed by atoms with Gasteiger partial charge in [-0.15, -0.1) is 0 Å². The normalized spacial score (nSPS) is 11.3. The Bertz CT molecular complexity index is 1120. The number of fused-ring (bicyclic) bond motifs is 3. The van der Waals surface area contributed by atoms with Crippen molar-refractivity contribution in [3.05, 3.63) is 77.2 Å². The molecule has 0 aliphatic carbocycles. The van der Waals surface area contributed by atoms with Gasteiger partial charge in [-0.3, -0.25) is 0 Å². The molecular formula is C23H20O3. The molecule has 0 radical (unpaired) electrons. The first-order valence-corrected chi connectivity index (χ1v) is 8.80. The Labute approximate surface area is 151 Å². The summed E-state index contributed by atoms with van der Waals surface area (Å²) in [5.74, 6) is 1.31. The van der Waals surface area contributed by atoms with Crippen LogP contribution in [0.2, 0.25) is 0 Å². The predicted octanol–water partition coefficient (Wildman–Crippen LogP) is 5.65. The molecule has 4 aromatic rings. The van der Waals surface area contributed by atoms with Gasteiger partial charge in [-0.05, 0) is 40.5 Å². The fourth-order valence-corrected chi connectivity index (χ4v) is 3.16. The zero-order chi connectivity index (χ0) is 18.1. The van der Waals surface area contributed by atoms with Crippen LogP contribution in [0.4, 0.5) is 0 Å². The zero-order valence-electron chi connectivity index (χ0n) is 14.9. The minimum Gasteiger partial charge on any atom is -0.493 e. The van der Waals surface area contributed by atoms with Gasteiger partial charge in [0.05, 0.1) is 6.61 Å². The van der Waals surface area contributed by atoms with Gasteiger partial charge in [0.15, 0.2) is 0 Å². The van der Waals surface area contributed by atoms with Crippen LogP contribution in [0.5, 0.6) is 5.75 Å². The van der Waals surface area contributed by atoms with Gasteiger partial charge in [0.25, 0.3) is 0 Å². The van der Waals surface area contributed by atoms with Gasteiger partial charge >= 0.3 is 5.63 Å². The van der Waals surface area contributed by atoms with E-state index in [1.807, 2.05) is 48.5 Å². The second-order valence-electron chi connectivity index (χ2n) is 6.87. The molecule has 0 saturated heterocycles. The van der Waals surface area contributed by atoms with Crippen molar-refractivity contribution in [1.82, 2.24) is 0 Å². The number of rotatable bonds is 4. The molecule has 0 N–H and O–H groups in total. The molecule has 0 unspecified atom stereocenters. The van der Waals surface area contributed by atoms with E-state index in [-0.39, 0.29) is 5.63 Å². The molecule has 26 heavy (non-hydrogen) atoms. The fraction of sp³-hybridized carbons (Fsp3) is 0.174. The van der Waals surface area contributed by atoms with Crippen LogP contribution >= 0.6 is 0 Å². The van der Waals surface area contributed by atoms with Crippen molar-refractivity contribution in [1.29, 1.82) is 0 Å². The van der Waals surface area contributed by atoms with Crippen molar-refractivity contribution in [3.8, 4) is 16.9 Å². The minimum absolute atomic E-state index is 0.345. The number of hydrogen-bond donors (Lipinski definition) is 0. The summed E-state index contributed by atoms with van der Waals surface area (Å²) in [6.45, 7) is 4.92. The fourth-order valence-electron chi connectivity index (χ4n) is 3.16. The van der Waals surface area contributed by atoms with E-state index in [4.69, 9.17) is 9.15 Å². The van der Waals surface area contributed by atoms with E-state index < -0.39 is 0 Å². The van der Waals surface area contributed by atoms with Crippen LogP contribution in [0.1, 0.15) is 13.8 Å². The number of hydrogen-bond acceptors (Lipinski definition) is 3. The first kappa shape index (κ1) is 16.4. The van der Waals surface area contributed by atoms with Gasteiger partial charge in [-0.2, -0.15) is 0 Å². The van der Waals surface area contributed by atoms with Crippen LogP contribution in [0.25, 0.3) is 32.9 Å². The van der Waals surface area contributed by atoms with Crippen LogP contribution < -0.4 is 10.4 Å². The van der Waals surface area contributed by atoms with Crippen LogP contribution in [0.15, 0.2) is 75.9 Å². The molecule has 3 heteroatoms. The highest BCUT2D eigenvalue weighted by molar-refractivity contribution is 6.12. The van der Waals surface area contributed by atoms with Crippen LogP contribution in [-0.2, 0) is 0 Å².